The van der Waals surface area contributed by atoms with Gasteiger partial charge in [-0.05, 0) is 55.8 Å². The molecule has 1 aromatic heterocycles. The highest BCUT2D eigenvalue weighted by Gasteiger charge is 2.11. The zero-order chi connectivity index (χ0) is 16.3. The van der Waals surface area contributed by atoms with Crippen molar-refractivity contribution < 1.29 is 9.53 Å². The number of carbonyl (C=O) groups is 1. The number of carbonyl (C=O) groups excluding carboxylic acids is 1. The average Bonchev–Trinajstić information content (AvgIpc) is 2.85. The van der Waals surface area contributed by atoms with E-state index in [2.05, 4.69) is 32.1 Å². The highest BCUT2D eigenvalue weighted by Crippen LogP contribution is 2.19. The summed E-state index contributed by atoms with van der Waals surface area (Å²) >= 11 is 3.20. The molecule has 6 heteroatoms. The number of rotatable bonds is 4. The van der Waals surface area contributed by atoms with Crippen LogP contribution < -0.4 is 0 Å². The van der Waals surface area contributed by atoms with Crippen LogP contribution in [-0.2, 0) is 9.53 Å². The van der Waals surface area contributed by atoms with Gasteiger partial charge in [-0.3, -0.25) is 0 Å². The first kappa shape index (κ1) is 16.4. The van der Waals surface area contributed by atoms with E-state index in [0.29, 0.717) is 5.82 Å². The van der Waals surface area contributed by atoms with Crippen LogP contribution in [0.3, 0.4) is 0 Å². The van der Waals surface area contributed by atoms with Crippen LogP contribution >= 0.6 is 15.9 Å². The maximum atomic E-state index is 11.7. The molecule has 0 saturated carbocycles. The molecule has 0 spiro atoms. The van der Waals surface area contributed by atoms with Crippen LogP contribution in [0.5, 0.6) is 0 Å². The largest absolute Gasteiger partial charge is 0.459 e. The molecule has 0 radical (unpaired) electrons. The van der Waals surface area contributed by atoms with Crippen LogP contribution in [0.1, 0.15) is 25.0 Å². The van der Waals surface area contributed by atoms with Gasteiger partial charge in [-0.15, -0.1) is 5.10 Å². The highest BCUT2D eigenvalue weighted by molar-refractivity contribution is 9.12. The maximum Gasteiger partial charge on any atom is 0.347 e. The number of esters is 1. The zero-order valence-electron chi connectivity index (χ0n) is 13.0. The summed E-state index contributed by atoms with van der Waals surface area (Å²) in [6.07, 6.45) is 2.91. The summed E-state index contributed by atoms with van der Waals surface area (Å²) in [4.78, 5) is 16.0. The molecule has 0 fully saturated rings. The first-order chi connectivity index (χ1) is 10.3. The molecule has 0 bridgehead atoms. The fourth-order valence-corrected chi connectivity index (χ4v) is 2.32. The molecule has 0 atom stereocenters. The Labute approximate surface area is 138 Å². The molecule has 2 rings (SSSR count). The standard InChI is InChI=1S/C16H18BrN3O2/c1-10(2)22-16(21)14(17)8-20-9-18-15(19-20)13-6-11(3)5-12(4)7-13/h5-10H,1-4H3/b14-8-. The van der Waals surface area contributed by atoms with Crippen molar-refractivity contribution in [1.29, 1.82) is 0 Å². The van der Waals surface area contributed by atoms with Gasteiger partial charge in [-0.2, -0.15) is 0 Å². The summed E-state index contributed by atoms with van der Waals surface area (Å²) in [6, 6.07) is 6.15. The van der Waals surface area contributed by atoms with E-state index in [1.807, 2.05) is 26.0 Å². The van der Waals surface area contributed by atoms with E-state index in [4.69, 9.17) is 4.74 Å². The first-order valence-electron chi connectivity index (χ1n) is 6.93. The molecule has 1 heterocycles. The van der Waals surface area contributed by atoms with E-state index in [9.17, 15) is 4.79 Å². The van der Waals surface area contributed by atoms with Crippen molar-refractivity contribution in [2.45, 2.75) is 33.8 Å². The van der Waals surface area contributed by atoms with E-state index in [0.717, 1.165) is 16.7 Å². The molecular weight excluding hydrogens is 346 g/mol. The topological polar surface area (TPSA) is 57.0 Å². The Morgan fingerprint density at radius 1 is 1.27 bits per heavy atom. The monoisotopic (exact) mass is 363 g/mol. The molecule has 1 aromatic carbocycles. The van der Waals surface area contributed by atoms with Crippen LogP contribution in [0, 0.1) is 13.8 Å². The summed E-state index contributed by atoms with van der Waals surface area (Å²) in [5.41, 5.74) is 3.26. The molecule has 116 valence electrons. The molecule has 0 amide bonds. The summed E-state index contributed by atoms with van der Waals surface area (Å²) < 4.78 is 6.87. The van der Waals surface area contributed by atoms with Crippen LogP contribution in [0.4, 0.5) is 0 Å². The minimum atomic E-state index is -0.432. The number of hydrogen-bond acceptors (Lipinski definition) is 4. The van der Waals surface area contributed by atoms with Gasteiger partial charge in [0.2, 0.25) is 0 Å². The van der Waals surface area contributed by atoms with Crippen molar-refractivity contribution >= 4 is 28.1 Å². The van der Waals surface area contributed by atoms with Crippen LogP contribution in [0.15, 0.2) is 29.0 Å². The summed E-state index contributed by atoms with van der Waals surface area (Å²) in [5, 5.41) is 4.36. The quantitative estimate of drug-likeness (QED) is 0.613. The van der Waals surface area contributed by atoms with Crippen LogP contribution in [0.2, 0.25) is 0 Å². The predicted molar refractivity (Wildman–Crippen MR) is 89.4 cm³/mol. The third-order valence-corrected chi connectivity index (χ3v) is 3.30. The van der Waals surface area contributed by atoms with E-state index < -0.39 is 5.97 Å². The minimum absolute atomic E-state index is 0.171. The van der Waals surface area contributed by atoms with Crippen molar-refractivity contribution in [3.05, 3.63) is 40.1 Å². The van der Waals surface area contributed by atoms with E-state index >= 15 is 0 Å². The molecule has 5 nitrogen and oxygen atoms in total. The molecule has 22 heavy (non-hydrogen) atoms. The van der Waals surface area contributed by atoms with Gasteiger partial charge in [0, 0.05) is 5.56 Å². The molecule has 0 aliphatic rings. The number of halogens is 1. The van der Waals surface area contributed by atoms with Crippen molar-refractivity contribution in [2.75, 3.05) is 0 Å². The normalized spacial score (nSPS) is 11.8. The van der Waals surface area contributed by atoms with Crippen LogP contribution in [-0.4, -0.2) is 26.8 Å². The third-order valence-electron chi connectivity index (χ3n) is 2.77. The SMILES string of the molecule is Cc1cc(C)cc(-c2ncn(/C=C(\Br)C(=O)OC(C)C)n2)c1. The summed E-state index contributed by atoms with van der Waals surface area (Å²) in [5.74, 6) is 0.180. The average molecular weight is 364 g/mol. The van der Waals surface area contributed by atoms with Crippen molar-refractivity contribution in [1.82, 2.24) is 14.8 Å². The predicted octanol–water partition coefficient (Wildman–Crippen LogP) is 3.71. The van der Waals surface area contributed by atoms with Gasteiger partial charge in [0.15, 0.2) is 5.82 Å². The van der Waals surface area contributed by atoms with Gasteiger partial charge in [-0.1, -0.05) is 17.2 Å². The molecule has 2 aromatic rings. The van der Waals surface area contributed by atoms with Crippen molar-refractivity contribution in [3.63, 3.8) is 0 Å². The Morgan fingerprint density at radius 3 is 2.50 bits per heavy atom. The first-order valence-corrected chi connectivity index (χ1v) is 7.72. The second-order valence-corrected chi connectivity index (χ2v) is 6.21. The van der Waals surface area contributed by atoms with E-state index in [-0.39, 0.29) is 10.6 Å². The van der Waals surface area contributed by atoms with E-state index in [1.165, 1.54) is 10.9 Å². The van der Waals surface area contributed by atoms with Gasteiger partial charge in [0.1, 0.15) is 10.8 Å². The summed E-state index contributed by atoms with van der Waals surface area (Å²) in [7, 11) is 0. The van der Waals surface area contributed by atoms with Crippen LogP contribution in [0.25, 0.3) is 17.6 Å². The van der Waals surface area contributed by atoms with Gasteiger partial charge in [-0.25, -0.2) is 14.5 Å². The fraction of sp³-hybridized carbons (Fsp3) is 0.312. The van der Waals surface area contributed by atoms with Gasteiger partial charge >= 0.3 is 5.97 Å². The third kappa shape index (κ3) is 4.27. The van der Waals surface area contributed by atoms with Gasteiger partial charge < -0.3 is 4.74 Å². The lowest BCUT2D eigenvalue weighted by molar-refractivity contribution is -0.141. The molecule has 0 unspecified atom stereocenters. The molecule has 0 aliphatic carbocycles. The second-order valence-electron chi connectivity index (χ2n) is 5.36. The number of aryl methyl sites for hydroxylation is 2. The Hall–Kier alpha value is -1.95. The zero-order valence-corrected chi connectivity index (χ0v) is 14.6. The van der Waals surface area contributed by atoms with Gasteiger partial charge in [0.25, 0.3) is 0 Å². The molecule has 0 aliphatic heterocycles. The van der Waals surface area contributed by atoms with E-state index in [1.54, 1.807) is 20.2 Å². The van der Waals surface area contributed by atoms with Gasteiger partial charge in [0.05, 0.1) is 12.3 Å². The lowest BCUT2D eigenvalue weighted by Gasteiger charge is -2.06. The summed E-state index contributed by atoms with van der Waals surface area (Å²) in [6.45, 7) is 7.66. The number of aromatic nitrogens is 3. The Morgan fingerprint density at radius 2 is 1.91 bits per heavy atom. The maximum absolute atomic E-state index is 11.7. The Balaban J connectivity index is 2.22. The molecule has 0 saturated heterocycles. The fourth-order valence-electron chi connectivity index (χ4n) is 2.01. The lowest BCUT2D eigenvalue weighted by Crippen LogP contribution is -2.11. The molecule has 0 N–H and O–H groups in total. The molecular formula is C16H18BrN3O2. The lowest BCUT2D eigenvalue weighted by atomic mass is 10.1. The van der Waals surface area contributed by atoms with Crippen molar-refractivity contribution in [3.8, 4) is 11.4 Å². The number of nitrogens with zero attached hydrogens (tertiary/aromatic N) is 3. The Kier molecular flexibility index (Phi) is 5.13. The minimum Gasteiger partial charge on any atom is -0.459 e. The second kappa shape index (κ2) is 6.87. The van der Waals surface area contributed by atoms with Crippen molar-refractivity contribution in [2.24, 2.45) is 0 Å². The Bertz CT molecular complexity index is 700. The smallest absolute Gasteiger partial charge is 0.347 e. The number of benzene rings is 1. The number of hydrogen-bond donors (Lipinski definition) is 0. The number of ether oxygens (including phenoxy) is 1. The highest BCUT2D eigenvalue weighted by atomic mass is 79.9.